The number of carbonyl (C=O) groups excluding carboxylic acids is 3. The topological polar surface area (TPSA) is 80.3 Å². The van der Waals surface area contributed by atoms with E-state index in [0.29, 0.717) is 11.3 Å². The highest BCUT2D eigenvalue weighted by Crippen LogP contribution is 2.46. The van der Waals surface area contributed by atoms with E-state index in [1.165, 1.54) is 6.07 Å². The molecule has 150 valence electrons. The van der Waals surface area contributed by atoms with Gasteiger partial charge in [-0.1, -0.05) is 36.4 Å². The number of halogens is 1. The first-order valence-electron chi connectivity index (χ1n) is 9.60. The summed E-state index contributed by atoms with van der Waals surface area (Å²) in [6.45, 7) is 3.43. The van der Waals surface area contributed by atoms with Crippen LogP contribution in [0.5, 0.6) is 0 Å². The fourth-order valence-corrected chi connectivity index (χ4v) is 4.61. The van der Waals surface area contributed by atoms with Crippen molar-refractivity contribution in [3.8, 4) is 0 Å². The Morgan fingerprint density at radius 3 is 2.41 bits per heavy atom. The van der Waals surface area contributed by atoms with Crippen LogP contribution in [-0.2, 0) is 19.1 Å². The van der Waals surface area contributed by atoms with Crippen LogP contribution >= 0.6 is 0 Å². The molecule has 4 atom stereocenters. The third-order valence-electron chi connectivity index (χ3n) is 5.90. The number of rotatable bonds is 4. The number of imide groups is 1. The van der Waals surface area contributed by atoms with Gasteiger partial charge in [-0.3, -0.25) is 9.59 Å². The van der Waals surface area contributed by atoms with Crippen LogP contribution in [0.3, 0.4) is 0 Å². The second kappa shape index (κ2) is 7.08. The van der Waals surface area contributed by atoms with Crippen LogP contribution in [0.1, 0.15) is 25.5 Å². The lowest BCUT2D eigenvalue weighted by molar-refractivity contribution is -0.731. The number of quaternary nitrogens is 1. The van der Waals surface area contributed by atoms with Crippen LogP contribution in [-0.4, -0.2) is 29.9 Å². The zero-order valence-corrected chi connectivity index (χ0v) is 16.2. The predicted octanol–water partition coefficient (Wildman–Crippen LogP) is 1.57. The van der Waals surface area contributed by atoms with E-state index >= 15 is 0 Å². The number of nitrogens with zero attached hydrogens (tertiary/aromatic N) is 1. The van der Waals surface area contributed by atoms with Gasteiger partial charge in [0.25, 0.3) is 0 Å². The first kappa shape index (κ1) is 19.3. The smallest absolute Gasteiger partial charge is 0.368 e. The van der Waals surface area contributed by atoms with E-state index in [2.05, 4.69) is 0 Å². The fourth-order valence-electron chi connectivity index (χ4n) is 4.61. The van der Waals surface area contributed by atoms with Crippen molar-refractivity contribution >= 4 is 23.5 Å². The number of nitrogens with two attached hydrogens (primary N) is 1. The minimum absolute atomic E-state index is 0.147. The van der Waals surface area contributed by atoms with Gasteiger partial charge in [0.05, 0.1) is 12.3 Å². The molecule has 0 saturated carbocycles. The lowest BCUT2D eigenvalue weighted by Gasteiger charge is -2.26. The average molecular weight is 397 g/mol. The number of esters is 1. The van der Waals surface area contributed by atoms with Crippen LogP contribution in [0.15, 0.2) is 54.6 Å². The number of hydrogen-bond acceptors (Lipinski definition) is 4. The zero-order chi connectivity index (χ0) is 20.8. The van der Waals surface area contributed by atoms with E-state index in [4.69, 9.17) is 4.74 Å². The van der Waals surface area contributed by atoms with Crippen molar-refractivity contribution in [1.82, 2.24) is 0 Å². The molecule has 2 heterocycles. The number of para-hydroxylation sites is 1. The molecule has 0 aliphatic carbocycles. The van der Waals surface area contributed by atoms with Gasteiger partial charge in [0.2, 0.25) is 17.4 Å². The number of fused-ring (bicyclic) bond motifs is 1. The standard InChI is InChI=1S/C22H21FN2O4/c1-3-29-21(28)22(2)17-16(18(24-22)14-11-7-8-12-15(14)23)19(26)25(20(17)27)13-9-5-4-6-10-13/h4-12,16-18,24H,3H2,1-2H3/p+1/t16-,17+,18-,22+/m0/s1. The summed E-state index contributed by atoms with van der Waals surface area (Å²) in [5.41, 5.74) is -0.592. The molecule has 2 N–H and O–H groups in total. The average Bonchev–Trinajstić information content (AvgIpc) is 3.17. The van der Waals surface area contributed by atoms with Gasteiger partial charge in [0, 0.05) is 12.5 Å². The van der Waals surface area contributed by atoms with E-state index in [1.54, 1.807) is 67.7 Å². The molecule has 2 aromatic carbocycles. The van der Waals surface area contributed by atoms with E-state index in [0.717, 1.165) is 4.90 Å². The van der Waals surface area contributed by atoms with Crippen molar-refractivity contribution in [3.05, 3.63) is 66.0 Å². The third-order valence-corrected chi connectivity index (χ3v) is 5.90. The normalized spacial score (nSPS) is 28.5. The molecule has 7 heteroatoms. The van der Waals surface area contributed by atoms with Gasteiger partial charge in [0.1, 0.15) is 23.7 Å². The highest BCUT2D eigenvalue weighted by molar-refractivity contribution is 6.23. The molecule has 4 rings (SSSR count). The van der Waals surface area contributed by atoms with E-state index in [1.807, 2.05) is 0 Å². The minimum atomic E-state index is -1.33. The molecule has 2 aromatic rings. The molecule has 29 heavy (non-hydrogen) atoms. The third kappa shape index (κ3) is 2.84. The highest BCUT2D eigenvalue weighted by atomic mass is 19.1. The monoisotopic (exact) mass is 397 g/mol. The van der Waals surface area contributed by atoms with Crippen LogP contribution in [0.2, 0.25) is 0 Å². The lowest BCUT2D eigenvalue weighted by Crippen LogP contribution is -2.97. The molecular weight excluding hydrogens is 375 g/mol. The minimum Gasteiger partial charge on any atom is -0.461 e. The first-order valence-corrected chi connectivity index (χ1v) is 9.60. The summed E-state index contributed by atoms with van der Waals surface area (Å²) in [6, 6.07) is 14.0. The second-order valence-corrected chi connectivity index (χ2v) is 7.57. The van der Waals surface area contributed by atoms with Crippen LogP contribution < -0.4 is 10.2 Å². The predicted molar refractivity (Wildman–Crippen MR) is 102 cm³/mol. The highest BCUT2D eigenvalue weighted by Gasteiger charge is 2.71. The maximum absolute atomic E-state index is 14.6. The summed E-state index contributed by atoms with van der Waals surface area (Å²) in [5, 5.41) is 1.62. The summed E-state index contributed by atoms with van der Waals surface area (Å²) >= 11 is 0. The Kier molecular flexibility index (Phi) is 4.70. The van der Waals surface area contributed by atoms with Crippen LogP contribution in [0, 0.1) is 17.7 Å². The summed E-state index contributed by atoms with van der Waals surface area (Å²) < 4.78 is 19.8. The van der Waals surface area contributed by atoms with Gasteiger partial charge in [-0.2, -0.15) is 0 Å². The largest absolute Gasteiger partial charge is 0.461 e. The number of benzene rings is 2. The molecule has 2 aliphatic rings. The Bertz CT molecular complexity index is 980. The van der Waals surface area contributed by atoms with Gasteiger partial charge in [-0.25, -0.2) is 14.1 Å². The molecule has 2 aliphatic heterocycles. The van der Waals surface area contributed by atoms with Gasteiger partial charge < -0.3 is 10.1 Å². The molecule has 2 amide bonds. The molecule has 6 nitrogen and oxygen atoms in total. The first-order chi connectivity index (χ1) is 13.9. The summed E-state index contributed by atoms with van der Waals surface area (Å²) in [4.78, 5) is 40.7. The van der Waals surface area contributed by atoms with Gasteiger partial charge in [0.15, 0.2) is 0 Å². The van der Waals surface area contributed by atoms with Crippen molar-refractivity contribution in [3.63, 3.8) is 0 Å². The van der Waals surface area contributed by atoms with Crippen molar-refractivity contribution in [2.75, 3.05) is 11.5 Å². The Morgan fingerprint density at radius 2 is 1.76 bits per heavy atom. The van der Waals surface area contributed by atoms with E-state index in [9.17, 15) is 18.8 Å². The number of anilines is 1. The Labute approximate surface area is 167 Å². The maximum Gasteiger partial charge on any atom is 0.368 e. The van der Waals surface area contributed by atoms with E-state index < -0.39 is 47.0 Å². The van der Waals surface area contributed by atoms with E-state index in [-0.39, 0.29) is 6.61 Å². The molecule has 0 radical (unpaired) electrons. The fraction of sp³-hybridized carbons (Fsp3) is 0.318. The molecule has 0 spiro atoms. The van der Waals surface area contributed by atoms with Gasteiger partial charge in [-0.05, 0) is 25.1 Å². The summed E-state index contributed by atoms with van der Waals surface area (Å²) in [6.07, 6.45) is 0. The Balaban J connectivity index is 1.84. The zero-order valence-electron chi connectivity index (χ0n) is 16.2. The summed E-state index contributed by atoms with van der Waals surface area (Å²) in [5.74, 6) is -3.75. The van der Waals surface area contributed by atoms with Gasteiger partial charge in [-0.15, -0.1) is 0 Å². The molecular formula is C22H22FN2O4+. The number of hydrogen-bond donors (Lipinski definition) is 1. The van der Waals surface area contributed by atoms with Crippen molar-refractivity contribution in [2.24, 2.45) is 11.8 Å². The second-order valence-electron chi connectivity index (χ2n) is 7.57. The Hall–Kier alpha value is -3.06. The molecule has 0 unspecified atom stereocenters. The van der Waals surface area contributed by atoms with Crippen LogP contribution in [0.25, 0.3) is 0 Å². The Morgan fingerprint density at radius 1 is 1.10 bits per heavy atom. The quantitative estimate of drug-likeness (QED) is 0.627. The number of ether oxygens (including phenoxy) is 1. The number of amides is 2. The molecule has 2 fully saturated rings. The SMILES string of the molecule is CCOC(=O)[C@]1(C)[NH2+][C@@H](c2ccccc2F)[C@H]2C(=O)N(c3ccccc3)C(=O)[C@@H]21. The van der Waals surface area contributed by atoms with Crippen molar-refractivity contribution < 1.29 is 28.8 Å². The van der Waals surface area contributed by atoms with Crippen molar-refractivity contribution in [1.29, 1.82) is 0 Å². The lowest BCUT2D eigenvalue weighted by atomic mass is 9.80. The maximum atomic E-state index is 14.6. The number of carbonyl (C=O) groups is 3. The molecule has 2 saturated heterocycles. The molecule has 0 aromatic heterocycles. The van der Waals surface area contributed by atoms with Gasteiger partial charge >= 0.3 is 5.97 Å². The molecule has 0 bridgehead atoms. The summed E-state index contributed by atoms with van der Waals surface area (Å²) in [7, 11) is 0. The van der Waals surface area contributed by atoms with Crippen LogP contribution in [0.4, 0.5) is 10.1 Å². The van der Waals surface area contributed by atoms with Crippen molar-refractivity contribution in [2.45, 2.75) is 25.4 Å².